The average molecular weight is 189 g/mol. The maximum atomic E-state index is 9.40. The first-order chi connectivity index (χ1) is 6.20. The Bertz CT molecular complexity index is 135. The third-order valence-corrected chi connectivity index (χ3v) is 2.17. The second-order valence-electron chi connectivity index (χ2n) is 3.57. The fourth-order valence-electron chi connectivity index (χ4n) is 1.19. The minimum absolute atomic E-state index is 0.108. The zero-order chi connectivity index (χ0) is 9.68. The van der Waals surface area contributed by atoms with E-state index in [9.17, 15) is 5.11 Å². The molecule has 1 fully saturated rings. The van der Waals surface area contributed by atoms with Crippen LogP contribution in [0.2, 0.25) is 0 Å². The number of nitrogens with zero attached hydrogens (tertiary/aromatic N) is 1. The van der Waals surface area contributed by atoms with Crippen LogP contribution in [0.1, 0.15) is 19.3 Å². The summed E-state index contributed by atoms with van der Waals surface area (Å²) in [6, 6.07) is 0. The van der Waals surface area contributed by atoms with Gasteiger partial charge in [0.25, 0.3) is 0 Å². The predicted molar refractivity (Wildman–Crippen MR) is 49.2 cm³/mol. The summed E-state index contributed by atoms with van der Waals surface area (Å²) in [5.74, 6) is 0. The molecule has 0 saturated carbocycles. The van der Waals surface area contributed by atoms with Gasteiger partial charge in [0, 0.05) is 6.61 Å². The van der Waals surface area contributed by atoms with Crippen molar-refractivity contribution in [1.82, 2.24) is 4.90 Å². The molecular weight excluding hydrogens is 170 g/mol. The van der Waals surface area contributed by atoms with Crippen molar-refractivity contribution in [3.8, 4) is 0 Å². The second-order valence-corrected chi connectivity index (χ2v) is 3.57. The lowest BCUT2D eigenvalue weighted by Gasteiger charge is -2.25. The van der Waals surface area contributed by atoms with Crippen LogP contribution in [0.25, 0.3) is 0 Å². The Labute approximate surface area is 79.4 Å². The molecule has 0 bridgehead atoms. The van der Waals surface area contributed by atoms with Gasteiger partial charge in [0.05, 0.1) is 6.61 Å². The van der Waals surface area contributed by atoms with E-state index in [-0.39, 0.29) is 6.29 Å². The molecular formula is C9H19NO3. The molecule has 78 valence electrons. The van der Waals surface area contributed by atoms with E-state index in [2.05, 4.69) is 0 Å². The number of ether oxygens (including phenoxy) is 2. The molecule has 0 radical (unpaired) electrons. The van der Waals surface area contributed by atoms with Crippen LogP contribution in [0.15, 0.2) is 0 Å². The summed E-state index contributed by atoms with van der Waals surface area (Å²) < 4.78 is 10.7. The van der Waals surface area contributed by atoms with E-state index in [1.807, 2.05) is 14.1 Å². The third-order valence-electron chi connectivity index (χ3n) is 2.17. The molecule has 13 heavy (non-hydrogen) atoms. The Kier molecular flexibility index (Phi) is 4.66. The molecule has 2 unspecified atom stereocenters. The maximum absolute atomic E-state index is 9.40. The molecule has 0 aromatic carbocycles. The van der Waals surface area contributed by atoms with Gasteiger partial charge in [-0.15, -0.1) is 0 Å². The van der Waals surface area contributed by atoms with Crippen LogP contribution in [0.3, 0.4) is 0 Å². The van der Waals surface area contributed by atoms with E-state index in [4.69, 9.17) is 9.47 Å². The van der Waals surface area contributed by atoms with Gasteiger partial charge < -0.3 is 14.6 Å². The third kappa shape index (κ3) is 4.04. The minimum Gasteiger partial charge on any atom is -0.376 e. The first-order valence-electron chi connectivity index (χ1n) is 4.78. The summed E-state index contributed by atoms with van der Waals surface area (Å²) in [6.07, 6.45) is 2.58. The van der Waals surface area contributed by atoms with Crippen molar-refractivity contribution >= 4 is 0 Å². The zero-order valence-corrected chi connectivity index (χ0v) is 8.40. The molecule has 0 aromatic rings. The van der Waals surface area contributed by atoms with Gasteiger partial charge in [0.2, 0.25) is 0 Å². The highest BCUT2D eigenvalue weighted by atomic mass is 16.7. The smallest absolute Gasteiger partial charge is 0.157 e. The molecule has 1 rings (SSSR count). The van der Waals surface area contributed by atoms with Gasteiger partial charge in [0.15, 0.2) is 6.29 Å². The van der Waals surface area contributed by atoms with Crippen LogP contribution >= 0.6 is 0 Å². The quantitative estimate of drug-likeness (QED) is 0.650. The van der Waals surface area contributed by atoms with E-state index < -0.39 is 6.23 Å². The van der Waals surface area contributed by atoms with Crippen LogP contribution in [-0.2, 0) is 9.47 Å². The molecule has 2 atom stereocenters. The van der Waals surface area contributed by atoms with Gasteiger partial charge in [-0.1, -0.05) is 0 Å². The van der Waals surface area contributed by atoms with Crippen LogP contribution in [-0.4, -0.2) is 49.8 Å². The van der Waals surface area contributed by atoms with Crippen LogP contribution in [0.5, 0.6) is 0 Å². The van der Waals surface area contributed by atoms with Gasteiger partial charge in [-0.3, -0.25) is 4.90 Å². The number of likely N-dealkylation sites (N-methyl/N-ethyl adjacent to an activating group) is 1. The van der Waals surface area contributed by atoms with Gasteiger partial charge in [-0.05, 0) is 33.4 Å². The number of rotatable bonds is 4. The van der Waals surface area contributed by atoms with Crippen LogP contribution in [0.4, 0.5) is 0 Å². The average Bonchev–Trinajstić information content (AvgIpc) is 2.15. The largest absolute Gasteiger partial charge is 0.376 e. The minimum atomic E-state index is -0.537. The number of aliphatic hydroxyl groups excluding tert-OH is 1. The molecule has 0 spiro atoms. The zero-order valence-electron chi connectivity index (χ0n) is 8.40. The lowest BCUT2D eigenvalue weighted by Crippen LogP contribution is -2.35. The lowest BCUT2D eigenvalue weighted by molar-refractivity contribution is -0.186. The van der Waals surface area contributed by atoms with Crippen molar-refractivity contribution in [2.45, 2.75) is 31.8 Å². The molecule has 1 aliphatic heterocycles. The Hall–Kier alpha value is -0.160. The van der Waals surface area contributed by atoms with E-state index in [0.717, 1.165) is 25.9 Å². The van der Waals surface area contributed by atoms with Crippen molar-refractivity contribution in [2.24, 2.45) is 0 Å². The number of aliphatic hydroxyl groups is 1. The summed E-state index contributed by atoms with van der Waals surface area (Å²) in [5.41, 5.74) is 0. The molecule has 1 N–H and O–H groups in total. The lowest BCUT2D eigenvalue weighted by atomic mass is 10.2. The molecule has 0 aliphatic carbocycles. The van der Waals surface area contributed by atoms with E-state index in [1.165, 1.54) is 0 Å². The second kappa shape index (κ2) is 5.54. The first-order valence-corrected chi connectivity index (χ1v) is 4.78. The molecule has 4 heteroatoms. The van der Waals surface area contributed by atoms with Gasteiger partial charge in [-0.25, -0.2) is 0 Å². The van der Waals surface area contributed by atoms with E-state index in [1.54, 1.807) is 4.90 Å². The Balaban J connectivity index is 2.10. The summed E-state index contributed by atoms with van der Waals surface area (Å²) >= 11 is 0. The van der Waals surface area contributed by atoms with Crippen LogP contribution in [0, 0.1) is 0 Å². The molecule has 4 nitrogen and oxygen atoms in total. The fraction of sp³-hybridized carbons (Fsp3) is 1.00. The number of hydrogen-bond donors (Lipinski definition) is 1. The molecule has 1 heterocycles. The standard InChI is InChI=1S/C9H19NO3/c1-10(2)8(11)7-13-9-5-3-4-6-12-9/h8-9,11H,3-7H2,1-2H3. The van der Waals surface area contributed by atoms with Crippen molar-refractivity contribution < 1.29 is 14.6 Å². The highest BCUT2D eigenvalue weighted by Gasteiger charge is 2.16. The Morgan fingerprint density at radius 1 is 1.54 bits per heavy atom. The summed E-state index contributed by atoms with van der Waals surface area (Å²) in [5, 5.41) is 9.40. The van der Waals surface area contributed by atoms with Crippen molar-refractivity contribution in [2.75, 3.05) is 27.3 Å². The van der Waals surface area contributed by atoms with Crippen molar-refractivity contribution in [1.29, 1.82) is 0 Å². The topological polar surface area (TPSA) is 41.9 Å². The van der Waals surface area contributed by atoms with Crippen LogP contribution < -0.4 is 0 Å². The van der Waals surface area contributed by atoms with E-state index in [0.29, 0.717) is 6.61 Å². The molecule has 1 saturated heterocycles. The number of hydrogen-bond acceptors (Lipinski definition) is 4. The Morgan fingerprint density at radius 3 is 2.85 bits per heavy atom. The predicted octanol–water partition coefficient (Wildman–Crippen LogP) is 0.410. The molecule has 1 aliphatic rings. The highest BCUT2D eigenvalue weighted by Crippen LogP contribution is 2.13. The fourth-order valence-corrected chi connectivity index (χ4v) is 1.19. The summed E-state index contributed by atoms with van der Waals surface area (Å²) in [7, 11) is 3.63. The van der Waals surface area contributed by atoms with Gasteiger partial charge >= 0.3 is 0 Å². The maximum Gasteiger partial charge on any atom is 0.157 e. The van der Waals surface area contributed by atoms with Gasteiger partial charge in [-0.2, -0.15) is 0 Å². The molecule has 0 aromatic heterocycles. The van der Waals surface area contributed by atoms with E-state index >= 15 is 0 Å². The summed E-state index contributed by atoms with van der Waals surface area (Å²) in [4.78, 5) is 1.71. The van der Waals surface area contributed by atoms with Crippen molar-refractivity contribution in [3.63, 3.8) is 0 Å². The van der Waals surface area contributed by atoms with Gasteiger partial charge in [0.1, 0.15) is 6.23 Å². The SMILES string of the molecule is CN(C)C(O)COC1CCCCO1. The Morgan fingerprint density at radius 2 is 2.31 bits per heavy atom. The highest BCUT2D eigenvalue weighted by molar-refractivity contribution is 4.56. The summed E-state index contributed by atoms with van der Waals surface area (Å²) in [6.45, 7) is 1.10. The molecule has 0 amide bonds. The normalized spacial score (nSPS) is 26.3. The first kappa shape index (κ1) is 10.9. The monoisotopic (exact) mass is 189 g/mol. The van der Waals surface area contributed by atoms with Crippen molar-refractivity contribution in [3.05, 3.63) is 0 Å².